The molecule has 4 nitrogen and oxygen atoms in total. The number of benzene rings is 1. The molecule has 16 heavy (non-hydrogen) atoms. The van der Waals surface area contributed by atoms with Gasteiger partial charge in [0.15, 0.2) is 5.13 Å². The molecule has 0 saturated carbocycles. The molecule has 2 aromatic rings. The molecular formula is C10H9BrN2O2S. The Hall–Kier alpha value is -1.14. The number of esters is 1. The molecule has 0 spiro atoms. The van der Waals surface area contributed by atoms with Gasteiger partial charge >= 0.3 is 5.97 Å². The van der Waals surface area contributed by atoms with Crippen molar-refractivity contribution in [3.63, 3.8) is 0 Å². The van der Waals surface area contributed by atoms with Crippen LogP contribution >= 0.6 is 27.3 Å². The van der Waals surface area contributed by atoms with Crippen molar-refractivity contribution in [1.82, 2.24) is 4.98 Å². The maximum atomic E-state index is 10.9. The lowest BCUT2D eigenvalue weighted by molar-refractivity contribution is -0.138. The minimum absolute atomic E-state index is 0.136. The third-order valence-corrected chi connectivity index (χ3v) is 3.43. The number of hydrogen-bond donors (Lipinski definition) is 1. The second-order valence-electron chi connectivity index (χ2n) is 3.06. The predicted molar refractivity (Wildman–Crippen MR) is 67.8 cm³/mol. The molecular weight excluding hydrogens is 292 g/mol. The van der Waals surface area contributed by atoms with Gasteiger partial charge in [0.1, 0.15) is 6.54 Å². The minimum Gasteiger partial charge on any atom is -0.468 e. The van der Waals surface area contributed by atoms with Crippen LogP contribution in [0, 0.1) is 0 Å². The van der Waals surface area contributed by atoms with Crippen LogP contribution in [-0.4, -0.2) is 24.6 Å². The monoisotopic (exact) mass is 300 g/mol. The summed E-state index contributed by atoms with van der Waals surface area (Å²) in [7, 11) is 1.36. The topological polar surface area (TPSA) is 51.2 Å². The van der Waals surface area contributed by atoms with E-state index in [9.17, 15) is 4.79 Å². The number of nitrogens with one attached hydrogen (secondary N) is 1. The van der Waals surface area contributed by atoms with E-state index >= 15 is 0 Å². The summed E-state index contributed by atoms with van der Waals surface area (Å²) in [6.07, 6.45) is 0. The van der Waals surface area contributed by atoms with Crippen molar-refractivity contribution in [1.29, 1.82) is 0 Å². The van der Waals surface area contributed by atoms with Gasteiger partial charge in [0, 0.05) is 4.47 Å². The van der Waals surface area contributed by atoms with E-state index in [1.807, 2.05) is 18.2 Å². The molecule has 1 N–H and O–H groups in total. The molecule has 0 atom stereocenters. The number of aromatic nitrogens is 1. The number of rotatable bonds is 3. The first-order valence-electron chi connectivity index (χ1n) is 4.56. The molecule has 1 aromatic carbocycles. The Kier molecular flexibility index (Phi) is 3.40. The molecule has 84 valence electrons. The lowest BCUT2D eigenvalue weighted by Gasteiger charge is -1.98. The zero-order chi connectivity index (χ0) is 11.5. The van der Waals surface area contributed by atoms with Crippen LogP contribution in [-0.2, 0) is 9.53 Å². The van der Waals surface area contributed by atoms with Crippen LogP contribution in [0.25, 0.3) is 10.2 Å². The summed E-state index contributed by atoms with van der Waals surface area (Å²) < 4.78 is 6.62. The lowest BCUT2D eigenvalue weighted by atomic mass is 10.3. The molecule has 6 heteroatoms. The first-order chi connectivity index (χ1) is 7.69. The number of methoxy groups -OCH3 is 1. The number of nitrogens with zero attached hydrogens (tertiary/aromatic N) is 1. The normalized spacial score (nSPS) is 10.4. The molecule has 0 radical (unpaired) electrons. The number of ether oxygens (including phenoxy) is 1. The minimum atomic E-state index is -0.305. The Morgan fingerprint density at radius 2 is 2.44 bits per heavy atom. The first-order valence-corrected chi connectivity index (χ1v) is 6.17. The van der Waals surface area contributed by atoms with E-state index < -0.39 is 0 Å². The van der Waals surface area contributed by atoms with Crippen LogP contribution in [0.4, 0.5) is 5.13 Å². The first kappa shape index (κ1) is 11.3. The second kappa shape index (κ2) is 4.80. The van der Waals surface area contributed by atoms with Gasteiger partial charge in [0.2, 0.25) is 0 Å². The molecule has 0 aliphatic heterocycles. The quantitative estimate of drug-likeness (QED) is 0.886. The Morgan fingerprint density at radius 3 is 3.19 bits per heavy atom. The van der Waals surface area contributed by atoms with Gasteiger partial charge in [-0.25, -0.2) is 4.98 Å². The molecule has 0 fully saturated rings. The third kappa shape index (κ3) is 2.51. The Balaban J connectivity index is 2.16. The van der Waals surface area contributed by atoms with Crippen molar-refractivity contribution in [3.05, 3.63) is 22.7 Å². The van der Waals surface area contributed by atoms with E-state index in [1.165, 1.54) is 18.4 Å². The Morgan fingerprint density at radius 1 is 1.62 bits per heavy atom. The molecule has 0 saturated heterocycles. The SMILES string of the molecule is COC(=O)CNc1nc2ccc(Br)cc2s1. The number of carbonyl (C=O) groups excluding carboxylic acids is 1. The fourth-order valence-electron chi connectivity index (χ4n) is 1.19. The van der Waals surface area contributed by atoms with E-state index in [1.54, 1.807) is 0 Å². The number of thiazole rings is 1. The highest BCUT2D eigenvalue weighted by atomic mass is 79.9. The zero-order valence-corrected chi connectivity index (χ0v) is 10.9. The van der Waals surface area contributed by atoms with E-state index in [0.29, 0.717) is 0 Å². The van der Waals surface area contributed by atoms with Crippen molar-refractivity contribution < 1.29 is 9.53 Å². The van der Waals surface area contributed by atoms with Gasteiger partial charge in [-0.05, 0) is 18.2 Å². The molecule has 0 bridgehead atoms. The number of halogens is 1. The van der Waals surface area contributed by atoms with Crippen molar-refractivity contribution in [2.75, 3.05) is 19.0 Å². The molecule has 1 aromatic heterocycles. The lowest BCUT2D eigenvalue weighted by Crippen LogP contribution is -2.14. The second-order valence-corrected chi connectivity index (χ2v) is 5.01. The van der Waals surface area contributed by atoms with Crippen LogP contribution in [0.1, 0.15) is 0 Å². The molecule has 0 aliphatic carbocycles. The van der Waals surface area contributed by atoms with E-state index in [4.69, 9.17) is 0 Å². The summed E-state index contributed by atoms with van der Waals surface area (Å²) in [4.78, 5) is 15.3. The van der Waals surface area contributed by atoms with Gasteiger partial charge < -0.3 is 10.1 Å². The summed E-state index contributed by atoms with van der Waals surface area (Å²) in [5.41, 5.74) is 0.917. The van der Waals surface area contributed by atoms with Gasteiger partial charge in [-0.1, -0.05) is 27.3 Å². The number of carbonyl (C=O) groups is 1. The largest absolute Gasteiger partial charge is 0.468 e. The summed E-state index contributed by atoms with van der Waals surface area (Å²) in [6, 6.07) is 5.86. The summed E-state index contributed by atoms with van der Waals surface area (Å²) in [5.74, 6) is -0.305. The molecule has 0 amide bonds. The fraction of sp³-hybridized carbons (Fsp3) is 0.200. The molecule has 1 heterocycles. The molecule has 2 rings (SSSR count). The van der Waals surface area contributed by atoms with Crippen molar-refractivity contribution in [2.24, 2.45) is 0 Å². The van der Waals surface area contributed by atoms with Crippen molar-refractivity contribution >= 4 is 48.6 Å². The number of hydrogen-bond acceptors (Lipinski definition) is 5. The van der Waals surface area contributed by atoms with Crippen LogP contribution in [0.5, 0.6) is 0 Å². The average molecular weight is 301 g/mol. The van der Waals surface area contributed by atoms with Gasteiger partial charge in [-0.3, -0.25) is 4.79 Å². The van der Waals surface area contributed by atoms with Crippen LogP contribution in [0.15, 0.2) is 22.7 Å². The summed E-state index contributed by atoms with van der Waals surface area (Å²) in [6.45, 7) is 0.136. The standard InChI is InChI=1S/C10H9BrN2O2S/c1-15-9(14)5-12-10-13-7-3-2-6(11)4-8(7)16-10/h2-4H,5H2,1H3,(H,12,13). The summed E-state index contributed by atoms with van der Waals surface area (Å²) >= 11 is 4.90. The molecule has 0 unspecified atom stereocenters. The van der Waals surface area contributed by atoms with E-state index in [-0.39, 0.29) is 12.5 Å². The van der Waals surface area contributed by atoms with Gasteiger partial charge in [-0.15, -0.1) is 0 Å². The Bertz CT molecular complexity index is 527. The maximum Gasteiger partial charge on any atom is 0.325 e. The van der Waals surface area contributed by atoms with E-state index in [0.717, 1.165) is 19.8 Å². The smallest absolute Gasteiger partial charge is 0.325 e. The average Bonchev–Trinajstić information content (AvgIpc) is 2.67. The van der Waals surface area contributed by atoms with Crippen LogP contribution in [0.2, 0.25) is 0 Å². The van der Waals surface area contributed by atoms with Crippen LogP contribution < -0.4 is 5.32 Å². The van der Waals surface area contributed by atoms with Gasteiger partial charge in [-0.2, -0.15) is 0 Å². The highest BCUT2D eigenvalue weighted by Gasteiger charge is 2.05. The van der Waals surface area contributed by atoms with Gasteiger partial charge in [0.25, 0.3) is 0 Å². The van der Waals surface area contributed by atoms with E-state index in [2.05, 4.69) is 31.0 Å². The fourth-order valence-corrected chi connectivity index (χ4v) is 2.61. The third-order valence-electron chi connectivity index (χ3n) is 1.96. The van der Waals surface area contributed by atoms with Crippen molar-refractivity contribution in [3.8, 4) is 0 Å². The van der Waals surface area contributed by atoms with Gasteiger partial charge in [0.05, 0.1) is 17.3 Å². The molecule has 0 aliphatic rings. The Labute approximate surface area is 105 Å². The predicted octanol–water partition coefficient (Wildman–Crippen LogP) is 2.64. The highest BCUT2D eigenvalue weighted by molar-refractivity contribution is 9.10. The highest BCUT2D eigenvalue weighted by Crippen LogP contribution is 2.28. The maximum absolute atomic E-state index is 10.9. The number of anilines is 1. The van der Waals surface area contributed by atoms with Crippen molar-refractivity contribution in [2.45, 2.75) is 0 Å². The summed E-state index contributed by atoms with van der Waals surface area (Å²) in [5, 5.41) is 3.64. The zero-order valence-electron chi connectivity index (χ0n) is 8.49. The number of fused-ring (bicyclic) bond motifs is 1. The van der Waals surface area contributed by atoms with Crippen LogP contribution in [0.3, 0.4) is 0 Å².